The number of ether oxygens (including phenoxy) is 1. The number of rotatable bonds is 4. The quantitative estimate of drug-likeness (QED) is 0.856. The van der Waals surface area contributed by atoms with Gasteiger partial charge < -0.3 is 19.9 Å². The maximum absolute atomic E-state index is 12.6. The highest BCUT2D eigenvalue weighted by atomic mass is 16.6. The van der Waals surface area contributed by atoms with Gasteiger partial charge >= 0.3 is 6.09 Å². The van der Waals surface area contributed by atoms with Gasteiger partial charge in [0.15, 0.2) is 0 Å². The molecule has 1 fully saturated rings. The second kappa shape index (κ2) is 9.08. The van der Waals surface area contributed by atoms with Crippen LogP contribution in [0.15, 0.2) is 30.3 Å². The molecule has 0 saturated carbocycles. The van der Waals surface area contributed by atoms with Crippen LogP contribution >= 0.6 is 0 Å². The molecule has 28 heavy (non-hydrogen) atoms. The van der Waals surface area contributed by atoms with Gasteiger partial charge in [-0.05, 0) is 40.2 Å². The first-order valence-corrected chi connectivity index (χ1v) is 9.66. The van der Waals surface area contributed by atoms with Crippen LogP contribution < -0.4 is 5.32 Å². The Balaban J connectivity index is 1.86. The van der Waals surface area contributed by atoms with E-state index >= 15 is 0 Å². The third-order valence-electron chi connectivity index (χ3n) is 4.58. The van der Waals surface area contributed by atoms with Gasteiger partial charge in [-0.1, -0.05) is 30.3 Å². The molecule has 2 unspecified atom stereocenters. The third kappa shape index (κ3) is 6.25. The molecule has 1 N–H and O–H groups in total. The van der Waals surface area contributed by atoms with E-state index in [0.29, 0.717) is 13.1 Å². The van der Waals surface area contributed by atoms with Crippen molar-refractivity contribution < 1.29 is 19.1 Å². The molecule has 1 heterocycles. The molecular formula is C21H31N3O4. The lowest BCUT2D eigenvalue weighted by Gasteiger charge is -2.44. The van der Waals surface area contributed by atoms with Gasteiger partial charge in [0.1, 0.15) is 5.60 Å². The second-order valence-corrected chi connectivity index (χ2v) is 8.32. The summed E-state index contributed by atoms with van der Waals surface area (Å²) in [5, 5.41) is 2.69. The van der Waals surface area contributed by atoms with E-state index in [2.05, 4.69) is 5.32 Å². The first-order valence-electron chi connectivity index (χ1n) is 9.66. The standard InChI is InChI=1S/C21H31N3O4/c1-15-14-24(20(27)28-21(3,4)5)16(2)13-23(15)19(26)12-22-18(25)11-17-9-7-6-8-10-17/h6-10,15-16H,11-14H2,1-5H3,(H,22,25). The highest BCUT2D eigenvalue weighted by Crippen LogP contribution is 2.19. The van der Waals surface area contributed by atoms with Crippen molar-refractivity contribution in [3.63, 3.8) is 0 Å². The van der Waals surface area contributed by atoms with E-state index in [1.54, 1.807) is 9.80 Å². The fraction of sp³-hybridized carbons (Fsp3) is 0.571. The summed E-state index contributed by atoms with van der Waals surface area (Å²) in [4.78, 5) is 40.4. The summed E-state index contributed by atoms with van der Waals surface area (Å²) in [6.45, 7) is 10.0. The van der Waals surface area contributed by atoms with Crippen molar-refractivity contribution in [2.45, 2.75) is 58.7 Å². The number of hydrogen-bond acceptors (Lipinski definition) is 4. The van der Waals surface area contributed by atoms with Gasteiger partial charge in [-0.15, -0.1) is 0 Å². The molecule has 2 rings (SSSR count). The highest BCUT2D eigenvalue weighted by Gasteiger charge is 2.36. The second-order valence-electron chi connectivity index (χ2n) is 8.32. The SMILES string of the molecule is CC1CN(C(=O)OC(C)(C)C)C(C)CN1C(=O)CNC(=O)Cc1ccccc1. The van der Waals surface area contributed by atoms with Gasteiger partial charge in [0.2, 0.25) is 11.8 Å². The van der Waals surface area contributed by atoms with Gasteiger partial charge in [-0.2, -0.15) is 0 Å². The molecule has 7 heteroatoms. The normalized spacial score (nSPS) is 19.9. The zero-order valence-corrected chi connectivity index (χ0v) is 17.4. The van der Waals surface area contributed by atoms with Crippen molar-refractivity contribution in [2.75, 3.05) is 19.6 Å². The molecular weight excluding hydrogens is 358 g/mol. The van der Waals surface area contributed by atoms with Crippen LogP contribution in [-0.4, -0.2) is 65.0 Å². The van der Waals surface area contributed by atoms with Crippen LogP contribution in [0.25, 0.3) is 0 Å². The summed E-state index contributed by atoms with van der Waals surface area (Å²) in [5.74, 6) is -0.336. The van der Waals surface area contributed by atoms with E-state index in [4.69, 9.17) is 4.74 Å². The molecule has 1 aliphatic rings. The summed E-state index contributed by atoms with van der Waals surface area (Å²) in [7, 11) is 0. The van der Waals surface area contributed by atoms with Crippen molar-refractivity contribution in [1.82, 2.24) is 15.1 Å². The first-order chi connectivity index (χ1) is 13.1. The predicted octanol–water partition coefficient (Wildman–Crippen LogP) is 2.20. The van der Waals surface area contributed by atoms with Crippen LogP contribution in [0.4, 0.5) is 4.79 Å². The fourth-order valence-electron chi connectivity index (χ4n) is 3.17. The van der Waals surface area contributed by atoms with Crippen molar-refractivity contribution >= 4 is 17.9 Å². The smallest absolute Gasteiger partial charge is 0.410 e. The van der Waals surface area contributed by atoms with Crippen molar-refractivity contribution in [1.29, 1.82) is 0 Å². The van der Waals surface area contributed by atoms with E-state index in [0.717, 1.165) is 5.56 Å². The van der Waals surface area contributed by atoms with Crippen molar-refractivity contribution in [2.24, 2.45) is 0 Å². The molecule has 2 atom stereocenters. The van der Waals surface area contributed by atoms with E-state index < -0.39 is 5.60 Å². The number of amides is 3. The molecule has 1 aromatic rings. The van der Waals surface area contributed by atoms with Gasteiger partial charge in [-0.25, -0.2) is 4.79 Å². The molecule has 1 aliphatic heterocycles. The predicted molar refractivity (Wildman–Crippen MR) is 107 cm³/mol. The number of nitrogens with zero attached hydrogens (tertiary/aromatic N) is 2. The molecule has 0 aromatic heterocycles. The molecule has 0 spiro atoms. The lowest BCUT2D eigenvalue weighted by molar-refractivity contribution is -0.137. The number of carbonyl (C=O) groups is 3. The Kier molecular flexibility index (Phi) is 7.05. The fourth-order valence-corrected chi connectivity index (χ4v) is 3.17. The van der Waals surface area contributed by atoms with Gasteiger partial charge in [0.05, 0.1) is 13.0 Å². The maximum Gasteiger partial charge on any atom is 0.410 e. The Morgan fingerprint density at radius 3 is 2.21 bits per heavy atom. The number of piperazine rings is 1. The van der Waals surface area contributed by atoms with Gasteiger partial charge in [0.25, 0.3) is 0 Å². The number of carbonyl (C=O) groups excluding carboxylic acids is 3. The molecule has 154 valence electrons. The summed E-state index contributed by atoms with van der Waals surface area (Å²) in [5.41, 5.74) is 0.344. The Morgan fingerprint density at radius 2 is 1.61 bits per heavy atom. The van der Waals surface area contributed by atoms with Crippen molar-refractivity contribution in [3.05, 3.63) is 35.9 Å². The lowest BCUT2D eigenvalue weighted by atomic mass is 10.1. The van der Waals surface area contributed by atoms with Crippen LogP contribution in [0.5, 0.6) is 0 Å². The number of hydrogen-bond donors (Lipinski definition) is 1. The minimum atomic E-state index is -0.559. The Hall–Kier alpha value is -2.57. The average molecular weight is 389 g/mol. The van der Waals surface area contributed by atoms with Gasteiger partial charge in [0, 0.05) is 25.2 Å². The van der Waals surface area contributed by atoms with E-state index in [1.165, 1.54) is 0 Å². The van der Waals surface area contributed by atoms with Crippen LogP contribution in [0.2, 0.25) is 0 Å². The third-order valence-corrected chi connectivity index (χ3v) is 4.58. The molecule has 1 saturated heterocycles. The topological polar surface area (TPSA) is 79.0 Å². The Bertz CT molecular complexity index is 699. The van der Waals surface area contributed by atoms with E-state index in [9.17, 15) is 14.4 Å². The summed E-state index contributed by atoms with van der Waals surface area (Å²) >= 11 is 0. The molecule has 1 aromatic carbocycles. The summed E-state index contributed by atoms with van der Waals surface area (Å²) < 4.78 is 5.45. The van der Waals surface area contributed by atoms with E-state index in [1.807, 2.05) is 65.0 Å². The number of nitrogens with one attached hydrogen (secondary N) is 1. The minimum Gasteiger partial charge on any atom is -0.444 e. The zero-order chi connectivity index (χ0) is 20.9. The number of benzene rings is 1. The lowest BCUT2D eigenvalue weighted by Crippen LogP contribution is -2.61. The van der Waals surface area contributed by atoms with Crippen molar-refractivity contribution in [3.8, 4) is 0 Å². The monoisotopic (exact) mass is 389 g/mol. The Labute approximate surface area is 167 Å². The van der Waals surface area contributed by atoms with Crippen LogP contribution in [0.1, 0.15) is 40.2 Å². The van der Waals surface area contributed by atoms with E-state index in [-0.39, 0.29) is 43.0 Å². The van der Waals surface area contributed by atoms with Gasteiger partial charge in [-0.3, -0.25) is 9.59 Å². The van der Waals surface area contributed by atoms with Crippen LogP contribution in [-0.2, 0) is 20.7 Å². The highest BCUT2D eigenvalue weighted by molar-refractivity contribution is 5.86. The zero-order valence-electron chi connectivity index (χ0n) is 17.4. The molecule has 0 aliphatic carbocycles. The molecule has 0 bridgehead atoms. The van der Waals surface area contributed by atoms with Crippen LogP contribution in [0, 0.1) is 0 Å². The largest absolute Gasteiger partial charge is 0.444 e. The Morgan fingerprint density at radius 1 is 1.04 bits per heavy atom. The molecule has 3 amide bonds. The maximum atomic E-state index is 12.6. The molecule has 7 nitrogen and oxygen atoms in total. The first kappa shape index (κ1) is 21.7. The van der Waals surface area contributed by atoms with Crippen LogP contribution in [0.3, 0.4) is 0 Å². The average Bonchev–Trinajstić information content (AvgIpc) is 2.60. The minimum absolute atomic E-state index is 0.0465. The summed E-state index contributed by atoms with van der Waals surface area (Å²) in [6.07, 6.45) is -0.123. The summed E-state index contributed by atoms with van der Waals surface area (Å²) in [6, 6.07) is 9.09. The molecule has 0 radical (unpaired) electrons.